The zero-order valence-electron chi connectivity index (χ0n) is 11.6. The van der Waals surface area contributed by atoms with Crippen LogP contribution >= 0.6 is 0 Å². The summed E-state index contributed by atoms with van der Waals surface area (Å²) in [6, 6.07) is 13.6. The van der Waals surface area contributed by atoms with E-state index in [4.69, 9.17) is 15.2 Å². The predicted molar refractivity (Wildman–Crippen MR) is 81.3 cm³/mol. The largest absolute Gasteiger partial charge is 0.493 e. The molecule has 0 unspecified atom stereocenters. The van der Waals surface area contributed by atoms with Crippen molar-refractivity contribution in [3.63, 3.8) is 0 Å². The highest BCUT2D eigenvalue weighted by Gasteiger charge is 2.10. The molecule has 0 aliphatic heterocycles. The third-order valence-corrected chi connectivity index (χ3v) is 3.19. The molecule has 0 aliphatic carbocycles. The number of anilines is 1. The molecule has 2 aromatic carbocycles. The van der Waals surface area contributed by atoms with Gasteiger partial charge in [0.25, 0.3) is 0 Å². The quantitative estimate of drug-likeness (QED) is 0.796. The molecule has 0 saturated carbocycles. The first-order valence-corrected chi connectivity index (χ1v) is 6.53. The summed E-state index contributed by atoms with van der Waals surface area (Å²) in [5.74, 6) is 1.67. The first kappa shape index (κ1) is 13.2. The first-order valence-electron chi connectivity index (χ1n) is 6.53. The molecule has 2 N–H and O–H groups in total. The zero-order chi connectivity index (χ0) is 14.7. The number of nitrogen functional groups attached to an aromatic ring is 1. The van der Waals surface area contributed by atoms with Gasteiger partial charge in [-0.3, -0.25) is 0 Å². The summed E-state index contributed by atoms with van der Waals surface area (Å²) in [6.45, 7) is 0.462. The highest BCUT2D eigenvalue weighted by Crippen LogP contribution is 2.33. The lowest BCUT2D eigenvalue weighted by Gasteiger charge is -2.12. The molecule has 0 aliphatic rings. The molecule has 0 fully saturated rings. The Morgan fingerprint density at radius 1 is 1.05 bits per heavy atom. The third kappa shape index (κ3) is 2.72. The molecule has 21 heavy (non-hydrogen) atoms. The Kier molecular flexibility index (Phi) is 3.55. The summed E-state index contributed by atoms with van der Waals surface area (Å²) < 4.78 is 11.2. The molecule has 1 aromatic heterocycles. The molecular formula is C16H15N3O2. The molecule has 5 heteroatoms. The van der Waals surface area contributed by atoms with Gasteiger partial charge in [0.2, 0.25) is 0 Å². The molecule has 3 aromatic rings. The van der Waals surface area contributed by atoms with Gasteiger partial charge in [0.15, 0.2) is 11.5 Å². The first-order chi connectivity index (χ1) is 10.3. The molecule has 0 atom stereocenters. The SMILES string of the molecule is COc1cc2c(N)ncnc2cc1OCc1ccccc1. The summed E-state index contributed by atoms with van der Waals surface area (Å²) in [4.78, 5) is 8.18. The molecule has 0 radical (unpaired) electrons. The van der Waals surface area contributed by atoms with Crippen LogP contribution in [-0.4, -0.2) is 17.1 Å². The summed E-state index contributed by atoms with van der Waals surface area (Å²) in [5.41, 5.74) is 7.66. The minimum atomic E-state index is 0.424. The third-order valence-electron chi connectivity index (χ3n) is 3.19. The number of benzene rings is 2. The minimum absolute atomic E-state index is 0.424. The normalized spacial score (nSPS) is 10.5. The van der Waals surface area contributed by atoms with Crippen molar-refractivity contribution in [2.24, 2.45) is 0 Å². The van der Waals surface area contributed by atoms with Crippen molar-refractivity contribution >= 4 is 16.7 Å². The van der Waals surface area contributed by atoms with Crippen molar-refractivity contribution in [1.29, 1.82) is 0 Å². The molecule has 3 rings (SSSR count). The van der Waals surface area contributed by atoms with Crippen molar-refractivity contribution in [1.82, 2.24) is 9.97 Å². The Hall–Kier alpha value is -2.82. The number of hydrogen-bond donors (Lipinski definition) is 1. The highest BCUT2D eigenvalue weighted by molar-refractivity contribution is 5.90. The molecule has 0 spiro atoms. The highest BCUT2D eigenvalue weighted by atomic mass is 16.5. The molecule has 5 nitrogen and oxygen atoms in total. The summed E-state index contributed by atoms with van der Waals surface area (Å²) in [5, 5.41) is 0.751. The van der Waals surface area contributed by atoms with E-state index in [2.05, 4.69) is 9.97 Å². The van der Waals surface area contributed by atoms with Crippen LogP contribution in [0.2, 0.25) is 0 Å². The second kappa shape index (κ2) is 5.66. The number of nitrogens with zero attached hydrogens (tertiary/aromatic N) is 2. The van der Waals surface area contributed by atoms with Gasteiger partial charge < -0.3 is 15.2 Å². The Balaban J connectivity index is 1.94. The van der Waals surface area contributed by atoms with Crippen LogP contribution in [0.25, 0.3) is 10.9 Å². The second-order valence-electron chi connectivity index (χ2n) is 4.55. The number of aromatic nitrogens is 2. The number of ether oxygens (including phenoxy) is 2. The fourth-order valence-corrected chi connectivity index (χ4v) is 2.09. The maximum atomic E-state index is 5.85. The van der Waals surface area contributed by atoms with E-state index in [-0.39, 0.29) is 0 Å². The number of hydrogen-bond acceptors (Lipinski definition) is 5. The fraction of sp³-hybridized carbons (Fsp3) is 0.125. The van der Waals surface area contributed by atoms with Gasteiger partial charge in [-0.05, 0) is 11.6 Å². The van der Waals surface area contributed by atoms with E-state index in [0.29, 0.717) is 23.9 Å². The lowest BCUT2D eigenvalue weighted by Crippen LogP contribution is -1.99. The van der Waals surface area contributed by atoms with Crippen molar-refractivity contribution in [3.05, 3.63) is 54.4 Å². The standard InChI is InChI=1S/C16H15N3O2/c1-20-14-7-12-13(18-10-19-16(12)17)8-15(14)21-9-11-5-3-2-4-6-11/h2-8,10H,9H2,1H3,(H2,17,18,19). The van der Waals surface area contributed by atoms with E-state index in [0.717, 1.165) is 16.5 Å². The summed E-state index contributed by atoms with van der Waals surface area (Å²) >= 11 is 0. The van der Waals surface area contributed by atoms with E-state index in [1.54, 1.807) is 13.2 Å². The van der Waals surface area contributed by atoms with Crippen LogP contribution in [-0.2, 0) is 6.61 Å². The maximum absolute atomic E-state index is 5.85. The van der Waals surface area contributed by atoms with Crippen LogP contribution in [0.5, 0.6) is 11.5 Å². The Morgan fingerprint density at radius 3 is 2.62 bits per heavy atom. The average molecular weight is 281 g/mol. The number of nitrogens with two attached hydrogens (primary N) is 1. The van der Waals surface area contributed by atoms with Crippen LogP contribution in [0.1, 0.15) is 5.56 Å². The molecule has 0 saturated heterocycles. The van der Waals surface area contributed by atoms with Crippen molar-refractivity contribution in [2.45, 2.75) is 6.61 Å². The monoisotopic (exact) mass is 281 g/mol. The number of methoxy groups -OCH3 is 1. The molecule has 1 heterocycles. The van der Waals surface area contributed by atoms with Gasteiger partial charge in [0, 0.05) is 11.5 Å². The second-order valence-corrected chi connectivity index (χ2v) is 4.55. The molecule has 0 bridgehead atoms. The topological polar surface area (TPSA) is 70.3 Å². The van der Waals surface area contributed by atoms with E-state index >= 15 is 0 Å². The van der Waals surface area contributed by atoms with Gasteiger partial charge in [-0.15, -0.1) is 0 Å². The zero-order valence-corrected chi connectivity index (χ0v) is 11.6. The smallest absolute Gasteiger partial charge is 0.163 e. The Bertz CT molecular complexity index is 760. The van der Waals surface area contributed by atoms with Crippen LogP contribution < -0.4 is 15.2 Å². The van der Waals surface area contributed by atoms with E-state index in [1.807, 2.05) is 36.4 Å². The molecule has 106 valence electrons. The molecule has 0 amide bonds. The van der Waals surface area contributed by atoms with Crippen molar-refractivity contribution in [3.8, 4) is 11.5 Å². The van der Waals surface area contributed by atoms with Gasteiger partial charge >= 0.3 is 0 Å². The van der Waals surface area contributed by atoms with Crippen LogP contribution in [0.4, 0.5) is 5.82 Å². The van der Waals surface area contributed by atoms with Crippen LogP contribution in [0.3, 0.4) is 0 Å². The fourth-order valence-electron chi connectivity index (χ4n) is 2.09. The summed E-state index contributed by atoms with van der Waals surface area (Å²) in [7, 11) is 1.59. The number of fused-ring (bicyclic) bond motifs is 1. The average Bonchev–Trinajstić information content (AvgIpc) is 2.53. The van der Waals surface area contributed by atoms with Crippen LogP contribution in [0, 0.1) is 0 Å². The van der Waals surface area contributed by atoms with Gasteiger partial charge in [0.05, 0.1) is 12.6 Å². The summed E-state index contributed by atoms with van der Waals surface area (Å²) in [6.07, 6.45) is 1.44. The van der Waals surface area contributed by atoms with E-state index in [9.17, 15) is 0 Å². The van der Waals surface area contributed by atoms with Crippen molar-refractivity contribution < 1.29 is 9.47 Å². The lowest BCUT2D eigenvalue weighted by molar-refractivity contribution is 0.285. The predicted octanol–water partition coefficient (Wildman–Crippen LogP) is 2.80. The van der Waals surface area contributed by atoms with Crippen LogP contribution in [0.15, 0.2) is 48.8 Å². The van der Waals surface area contributed by atoms with Crippen molar-refractivity contribution in [2.75, 3.05) is 12.8 Å². The minimum Gasteiger partial charge on any atom is -0.493 e. The Morgan fingerprint density at radius 2 is 1.86 bits per heavy atom. The van der Waals surface area contributed by atoms with E-state index < -0.39 is 0 Å². The van der Waals surface area contributed by atoms with Gasteiger partial charge in [-0.25, -0.2) is 9.97 Å². The van der Waals surface area contributed by atoms with Gasteiger partial charge in [0.1, 0.15) is 18.8 Å². The molecular weight excluding hydrogens is 266 g/mol. The van der Waals surface area contributed by atoms with Gasteiger partial charge in [-0.1, -0.05) is 30.3 Å². The Labute approximate surface area is 122 Å². The maximum Gasteiger partial charge on any atom is 0.163 e. The van der Waals surface area contributed by atoms with Gasteiger partial charge in [-0.2, -0.15) is 0 Å². The van der Waals surface area contributed by atoms with E-state index in [1.165, 1.54) is 6.33 Å². The lowest BCUT2D eigenvalue weighted by atomic mass is 10.2. The number of rotatable bonds is 4.